The van der Waals surface area contributed by atoms with Crippen LogP contribution in [-0.4, -0.2) is 14.8 Å². The summed E-state index contributed by atoms with van der Waals surface area (Å²) in [6.45, 7) is 2.15. The van der Waals surface area contributed by atoms with E-state index in [1.54, 1.807) is 0 Å². The molecule has 0 aliphatic carbocycles. The molecule has 56 heavy (non-hydrogen) atoms. The average molecular weight is 719 g/mol. The van der Waals surface area contributed by atoms with Gasteiger partial charge < -0.3 is 14.9 Å². The summed E-state index contributed by atoms with van der Waals surface area (Å²) >= 11 is 0. The molecule has 0 radical (unpaired) electrons. The van der Waals surface area contributed by atoms with Gasteiger partial charge in [-0.2, -0.15) is 0 Å². The Balaban J connectivity index is 0.000000216. The largest absolute Gasteiger partial charge is 0.398 e. The van der Waals surface area contributed by atoms with Crippen molar-refractivity contribution >= 4 is 76.6 Å². The van der Waals surface area contributed by atoms with Crippen LogP contribution < -0.4 is 5.73 Å². The maximum absolute atomic E-state index is 8.03. The number of aromatic nitrogens is 2. The second kappa shape index (κ2) is 13.5. The number of nitrogens with zero attached hydrogens (tertiary/aromatic N) is 2. The number of benzene rings is 9. The number of nitrogens with one attached hydrogen (secondary N) is 1. The van der Waals surface area contributed by atoms with Crippen LogP contribution in [0, 0.1) is 12.3 Å². The van der Waals surface area contributed by atoms with E-state index in [2.05, 4.69) is 156 Å². The number of rotatable bonds is 4. The number of anilines is 1. The van der Waals surface area contributed by atoms with Crippen molar-refractivity contribution in [3.63, 3.8) is 0 Å². The zero-order valence-electron chi connectivity index (χ0n) is 30.9. The molecular formula is C52H38N4. The molecular weight excluding hydrogens is 681 g/mol. The van der Waals surface area contributed by atoms with E-state index in [-0.39, 0.29) is 0 Å². The Hall–Kier alpha value is -7.43. The van der Waals surface area contributed by atoms with Crippen LogP contribution in [0.3, 0.4) is 0 Å². The first-order valence-corrected chi connectivity index (χ1v) is 19.0. The van der Waals surface area contributed by atoms with Crippen molar-refractivity contribution in [1.29, 1.82) is 5.41 Å². The minimum atomic E-state index is 0.466. The first kappa shape index (κ1) is 33.2. The number of nitrogens with two attached hydrogens (primary N) is 1. The molecule has 0 saturated carbocycles. The van der Waals surface area contributed by atoms with Gasteiger partial charge in [0.15, 0.2) is 0 Å². The molecule has 0 amide bonds. The third kappa shape index (κ3) is 5.34. The highest BCUT2D eigenvalue weighted by molar-refractivity contribution is 6.29. The molecule has 2 heterocycles. The second-order valence-corrected chi connectivity index (χ2v) is 14.4. The summed E-state index contributed by atoms with van der Waals surface area (Å²) in [6, 6.07) is 68.1. The molecule has 0 aliphatic heterocycles. The first-order valence-electron chi connectivity index (χ1n) is 19.0. The summed E-state index contributed by atoms with van der Waals surface area (Å²) in [7, 11) is 0. The van der Waals surface area contributed by atoms with Crippen molar-refractivity contribution in [3.8, 4) is 11.4 Å². The monoisotopic (exact) mass is 718 g/mol. The van der Waals surface area contributed by atoms with Gasteiger partial charge in [0, 0.05) is 55.1 Å². The number of hydrogen-bond acceptors (Lipinski definition) is 2. The van der Waals surface area contributed by atoms with E-state index in [0.29, 0.717) is 11.4 Å². The Kier molecular flexibility index (Phi) is 7.97. The fourth-order valence-corrected chi connectivity index (χ4v) is 8.45. The molecule has 9 aromatic carbocycles. The number of para-hydroxylation sites is 4. The van der Waals surface area contributed by atoms with Crippen molar-refractivity contribution in [2.24, 2.45) is 0 Å². The Labute approximate surface area is 324 Å². The topological polar surface area (TPSA) is 59.7 Å². The van der Waals surface area contributed by atoms with Crippen LogP contribution in [-0.2, 0) is 0 Å². The summed E-state index contributed by atoms with van der Waals surface area (Å²) in [5.74, 6) is 0. The van der Waals surface area contributed by atoms with Gasteiger partial charge in [-0.15, -0.1) is 0 Å². The van der Waals surface area contributed by atoms with Gasteiger partial charge in [-0.05, 0) is 71.6 Å². The van der Waals surface area contributed by atoms with Gasteiger partial charge in [-0.1, -0.05) is 151 Å². The average Bonchev–Trinajstić information content (AvgIpc) is 3.78. The van der Waals surface area contributed by atoms with Gasteiger partial charge in [0.25, 0.3) is 0 Å². The lowest BCUT2D eigenvalue weighted by molar-refractivity contribution is 1.18. The van der Waals surface area contributed by atoms with Crippen molar-refractivity contribution in [1.82, 2.24) is 9.13 Å². The molecule has 2 aromatic heterocycles. The molecule has 0 atom stereocenters. The van der Waals surface area contributed by atoms with Gasteiger partial charge in [0.05, 0.1) is 27.8 Å². The summed E-state index contributed by atoms with van der Waals surface area (Å²) in [6.07, 6.45) is 0. The van der Waals surface area contributed by atoms with Crippen LogP contribution in [0.4, 0.5) is 5.69 Å². The number of nitrogen functional groups attached to an aromatic ring is 1. The highest BCUT2D eigenvalue weighted by atomic mass is 15.0. The Morgan fingerprint density at radius 1 is 0.411 bits per heavy atom. The lowest BCUT2D eigenvalue weighted by atomic mass is 9.96. The minimum Gasteiger partial charge on any atom is -0.398 e. The Morgan fingerprint density at radius 3 is 1.66 bits per heavy atom. The van der Waals surface area contributed by atoms with Gasteiger partial charge in [0.2, 0.25) is 0 Å². The number of aryl methyl sites for hydroxylation is 1. The van der Waals surface area contributed by atoms with Crippen molar-refractivity contribution in [3.05, 3.63) is 211 Å². The predicted octanol–water partition coefficient (Wildman–Crippen LogP) is 13.2. The molecule has 0 fully saturated rings. The summed E-state index contributed by atoms with van der Waals surface area (Å²) in [5, 5.41) is 18.3. The van der Waals surface area contributed by atoms with Gasteiger partial charge in [0.1, 0.15) is 0 Å². The van der Waals surface area contributed by atoms with Gasteiger partial charge in [-0.3, -0.25) is 5.41 Å². The molecule has 0 saturated heterocycles. The Morgan fingerprint density at radius 2 is 0.929 bits per heavy atom. The number of fused-ring (bicyclic) bond motifs is 11. The normalized spacial score (nSPS) is 11.4. The van der Waals surface area contributed by atoms with E-state index in [1.165, 1.54) is 82.1 Å². The number of hydrogen-bond donors (Lipinski definition) is 2. The van der Waals surface area contributed by atoms with E-state index < -0.39 is 0 Å². The van der Waals surface area contributed by atoms with Crippen LogP contribution in [0.5, 0.6) is 0 Å². The highest BCUT2D eigenvalue weighted by Crippen LogP contribution is 2.42. The summed E-state index contributed by atoms with van der Waals surface area (Å²) in [5.41, 5.74) is 17.2. The molecule has 266 valence electrons. The van der Waals surface area contributed by atoms with E-state index in [9.17, 15) is 0 Å². The van der Waals surface area contributed by atoms with Crippen LogP contribution in [0.1, 0.15) is 16.7 Å². The van der Waals surface area contributed by atoms with E-state index in [0.717, 1.165) is 11.1 Å². The van der Waals surface area contributed by atoms with E-state index in [1.807, 2.05) is 54.6 Å². The molecule has 4 heteroatoms. The van der Waals surface area contributed by atoms with Crippen LogP contribution >= 0.6 is 0 Å². The van der Waals surface area contributed by atoms with Crippen LogP contribution in [0.25, 0.3) is 76.5 Å². The third-order valence-corrected chi connectivity index (χ3v) is 11.1. The fraction of sp³-hybridized carbons (Fsp3) is 0.0192. The van der Waals surface area contributed by atoms with Crippen molar-refractivity contribution in [2.75, 3.05) is 5.73 Å². The maximum Gasteiger partial charge on any atom is 0.0705 e. The second-order valence-electron chi connectivity index (χ2n) is 14.4. The molecule has 11 rings (SSSR count). The molecule has 0 aliphatic rings. The standard InChI is InChI=1S/C39H26N2.C13H12N2/c1-25-15-17-27(18-16-25)41-35-13-7-5-11-30(35)33-21-19-29-28-23-24-37-38(31(28)20-22-32(29)39(33)41)34-12-6-8-14-36(34)40(37)26-9-3-2-4-10-26;14-12-9-5-4-8-11(12)13(15)10-6-2-1-3-7-10/h2-24H,1H3;1-9,15H,14H2. The predicted molar refractivity (Wildman–Crippen MR) is 238 cm³/mol. The molecule has 3 N–H and O–H groups in total. The van der Waals surface area contributed by atoms with Crippen molar-refractivity contribution in [2.45, 2.75) is 6.92 Å². The molecule has 4 nitrogen and oxygen atoms in total. The van der Waals surface area contributed by atoms with Gasteiger partial charge >= 0.3 is 0 Å². The van der Waals surface area contributed by atoms with Crippen LogP contribution in [0.15, 0.2) is 194 Å². The highest BCUT2D eigenvalue weighted by Gasteiger charge is 2.19. The van der Waals surface area contributed by atoms with E-state index in [4.69, 9.17) is 11.1 Å². The SMILES string of the molecule is Cc1ccc(-n2c3ccccc3c3ccc4c5ccc6c(c5ccc4c32)c2ccccc2n6-c2ccccc2)cc1.N=C(c1ccccc1)c1ccccc1N. The first-order chi connectivity index (χ1) is 27.6. The smallest absolute Gasteiger partial charge is 0.0705 e. The van der Waals surface area contributed by atoms with Crippen molar-refractivity contribution < 1.29 is 0 Å². The molecule has 0 spiro atoms. The summed E-state index contributed by atoms with van der Waals surface area (Å²) < 4.78 is 4.84. The maximum atomic E-state index is 8.03. The third-order valence-electron chi connectivity index (χ3n) is 11.1. The quantitative estimate of drug-likeness (QED) is 0.106. The fourth-order valence-electron chi connectivity index (χ4n) is 8.45. The molecule has 0 bridgehead atoms. The van der Waals surface area contributed by atoms with E-state index >= 15 is 0 Å². The molecule has 11 aromatic rings. The Bertz CT molecular complexity index is 3260. The summed E-state index contributed by atoms with van der Waals surface area (Å²) in [4.78, 5) is 0. The van der Waals surface area contributed by atoms with Crippen LogP contribution in [0.2, 0.25) is 0 Å². The lowest BCUT2D eigenvalue weighted by Crippen LogP contribution is -2.04. The zero-order chi connectivity index (χ0) is 37.8. The van der Waals surface area contributed by atoms with Gasteiger partial charge in [-0.25, -0.2) is 0 Å². The minimum absolute atomic E-state index is 0.466. The lowest BCUT2D eigenvalue weighted by Gasteiger charge is -2.12. The molecule has 0 unspecified atom stereocenters. The zero-order valence-corrected chi connectivity index (χ0v) is 30.9.